The van der Waals surface area contributed by atoms with Gasteiger partial charge in [0.15, 0.2) is 5.78 Å². The number of halogens is 2. The van der Waals surface area contributed by atoms with Crippen molar-refractivity contribution in [2.45, 2.75) is 37.0 Å². The number of nitrogens with two attached hydrogens (primary N) is 1. The van der Waals surface area contributed by atoms with Crippen LogP contribution in [0.5, 0.6) is 0 Å². The molecule has 30 heavy (non-hydrogen) atoms. The topological polar surface area (TPSA) is 70.1 Å². The monoisotopic (exact) mass is 475 g/mol. The number of nitrogens with zero attached hydrogens (tertiary/aromatic N) is 2. The molecular formula is C22H19Cl2N3OS2. The second kappa shape index (κ2) is 8.68. The summed E-state index contributed by atoms with van der Waals surface area (Å²) in [5.74, 6) is 0.903. The van der Waals surface area contributed by atoms with Crippen LogP contribution in [-0.4, -0.2) is 11.5 Å². The smallest absolute Gasteiger partial charge is 0.161 e. The molecule has 1 aromatic heterocycles. The summed E-state index contributed by atoms with van der Waals surface area (Å²) in [5, 5.41) is 12.9. The van der Waals surface area contributed by atoms with Gasteiger partial charge in [0.25, 0.3) is 0 Å². The van der Waals surface area contributed by atoms with Gasteiger partial charge in [-0.15, -0.1) is 23.1 Å². The zero-order valence-electron chi connectivity index (χ0n) is 16.2. The summed E-state index contributed by atoms with van der Waals surface area (Å²) >= 11 is 15.6. The third-order valence-corrected chi connectivity index (χ3v) is 8.10. The first-order valence-corrected chi connectivity index (χ1v) is 12.2. The van der Waals surface area contributed by atoms with Crippen molar-refractivity contribution in [2.75, 3.05) is 10.7 Å². The van der Waals surface area contributed by atoms with Gasteiger partial charge in [-0.05, 0) is 48.2 Å². The van der Waals surface area contributed by atoms with E-state index in [-0.39, 0.29) is 5.78 Å². The molecule has 1 atom stereocenters. The average molecular weight is 476 g/mol. The molecule has 1 aliphatic carbocycles. The van der Waals surface area contributed by atoms with Crippen molar-refractivity contribution in [3.05, 3.63) is 67.2 Å². The van der Waals surface area contributed by atoms with Gasteiger partial charge in [0.2, 0.25) is 0 Å². The van der Waals surface area contributed by atoms with E-state index in [1.807, 2.05) is 16.3 Å². The minimum atomic E-state index is -0.425. The maximum absolute atomic E-state index is 13.2. The fourth-order valence-corrected chi connectivity index (χ4v) is 6.40. The SMILES string of the molecule is CCSc1ccsc1[C@@H]1C(C#N)=C(N)N(c2ccc(Cl)c(Cl)c2)C2=C1C(=O)CCC2. The van der Waals surface area contributed by atoms with Gasteiger partial charge in [0.05, 0.1) is 27.6 Å². The Morgan fingerprint density at radius 3 is 2.80 bits per heavy atom. The number of thiophene rings is 1. The zero-order valence-corrected chi connectivity index (χ0v) is 19.4. The lowest BCUT2D eigenvalue weighted by Crippen LogP contribution is -2.38. The van der Waals surface area contributed by atoms with Gasteiger partial charge >= 0.3 is 0 Å². The first-order chi connectivity index (χ1) is 14.5. The van der Waals surface area contributed by atoms with Crippen molar-refractivity contribution in [1.29, 1.82) is 5.26 Å². The molecule has 0 fully saturated rings. The second-order valence-electron chi connectivity index (χ2n) is 7.00. The van der Waals surface area contributed by atoms with Gasteiger partial charge in [-0.25, -0.2) is 0 Å². The minimum absolute atomic E-state index is 0.0763. The van der Waals surface area contributed by atoms with Gasteiger partial charge in [0, 0.05) is 33.2 Å². The summed E-state index contributed by atoms with van der Waals surface area (Å²) in [7, 11) is 0. The first kappa shape index (κ1) is 21.3. The molecule has 0 saturated carbocycles. The number of allylic oxidation sites excluding steroid dienone is 3. The van der Waals surface area contributed by atoms with Crippen LogP contribution in [-0.2, 0) is 4.79 Å². The lowest BCUT2D eigenvalue weighted by Gasteiger charge is -2.39. The minimum Gasteiger partial charge on any atom is -0.384 e. The van der Waals surface area contributed by atoms with Crippen LogP contribution in [0.4, 0.5) is 5.69 Å². The Morgan fingerprint density at radius 2 is 2.10 bits per heavy atom. The molecule has 8 heteroatoms. The van der Waals surface area contributed by atoms with Gasteiger partial charge in [-0.1, -0.05) is 30.1 Å². The van der Waals surface area contributed by atoms with E-state index in [9.17, 15) is 10.1 Å². The molecule has 1 aliphatic heterocycles. The quantitative estimate of drug-likeness (QED) is 0.512. The molecule has 0 bridgehead atoms. The van der Waals surface area contributed by atoms with Crippen LogP contribution in [0.15, 0.2) is 57.2 Å². The van der Waals surface area contributed by atoms with Crippen molar-refractivity contribution in [3.63, 3.8) is 0 Å². The molecule has 2 aromatic rings. The van der Waals surface area contributed by atoms with Crippen molar-refractivity contribution >= 4 is 57.8 Å². The Morgan fingerprint density at radius 1 is 1.30 bits per heavy atom. The van der Waals surface area contributed by atoms with Gasteiger partial charge in [-0.3, -0.25) is 9.69 Å². The highest BCUT2D eigenvalue weighted by atomic mass is 35.5. The fourth-order valence-electron chi connectivity index (χ4n) is 4.06. The molecule has 2 aliphatic rings. The average Bonchev–Trinajstić information content (AvgIpc) is 3.18. The normalized spacial score (nSPS) is 19.2. The van der Waals surface area contributed by atoms with Crippen LogP contribution < -0.4 is 10.6 Å². The molecule has 2 N–H and O–H groups in total. The summed E-state index contributed by atoms with van der Waals surface area (Å²) in [5.41, 5.74) is 9.22. The zero-order chi connectivity index (χ0) is 21.4. The summed E-state index contributed by atoms with van der Waals surface area (Å²) in [6.07, 6.45) is 1.93. The highest BCUT2D eigenvalue weighted by molar-refractivity contribution is 7.99. The highest BCUT2D eigenvalue weighted by Gasteiger charge is 2.41. The van der Waals surface area contributed by atoms with Crippen LogP contribution >= 0.6 is 46.3 Å². The Labute approximate surface area is 194 Å². The van der Waals surface area contributed by atoms with Crippen LogP contribution in [0.25, 0.3) is 0 Å². The van der Waals surface area contributed by atoms with Crippen molar-refractivity contribution < 1.29 is 4.79 Å². The lowest BCUT2D eigenvalue weighted by molar-refractivity contribution is -0.116. The molecule has 1 aromatic carbocycles. The Kier molecular flexibility index (Phi) is 6.17. The first-order valence-electron chi connectivity index (χ1n) is 9.59. The number of carbonyl (C=O) groups excluding carboxylic acids is 1. The van der Waals surface area contributed by atoms with E-state index in [0.717, 1.165) is 27.6 Å². The molecule has 0 unspecified atom stereocenters. The third-order valence-electron chi connectivity index (χ3n) is 5.29. The molecular weight excluding hydrogens is 457 g/mol. The maximum Gasteiger partial charge on any atom is 0.161 e. The van der Waals surface area contributed by atoms with E-state index in [1.54, 1.807) is 35.2 Å². The fraction of sp³-hybridized carbons (Fsp3) is 0.273. The van der Waals surface area contributed by atoms with Crippen LogP contribution in [0.3, 0.4) is 0 Å². The number of nitriles is 1. The van der Waals surface area contributed by atoms with E-state index < -0.39 is 5.92 Å². The summed E-state index contributed by atoms with van der Waals surface area (Å²) in [6, 6.07) is 9.59. The lowest BCUT2D eigenvalue weighted by atomic mass is 9.78. The number of hydrogen-bond acceptors (Lipinski definition) is 6. The van der Waals surface area contributed by atoms with Crippen LogP contribution in [0, 0.1) is 11.3 Å². The maximum atomic E-state index is 13.2. The molecule has 0 spiro atoms. The predicted octanol–water partition coefficient (Wildman–Crippen LogP) is 6.47. The summed E-state index contributed by atoms with van der Waals surface area (Å²) in [4.78, 5) is 17.1. The third kappa shape index (κ3) is 3.54. The Bertz CT molecular complexity index is 1130. The van der Waals surface area contributed by atoms with Gasteiger partial charge in [-0.2, -0.15) is 5.26 Å². The standard InChI is InChI=1S/C22H19Cl2N3OS2/c1-2-29-18-8-9-30-21(18)19-13(11-25)22(26)27(12-6-7-14(23)15(24)10-12)16-4-3-5-17(28)20(16)19/h6-10,19H,2-5,26H2,1H3/t19-/m1/s1. The molecule has 4 rings (SSSR count). The number of hydrogen-bond donors (Lipinski definition) is 1. The summed E-state index contributed by atoms with van der Waals surface area (Å²) in [6.45, 7) is 2.09. The van der Waals surface area contributed by atoms with Crippen molar-refractivity contribution in [2.24, 2.45) is 5.73 Å². The van der Waals surface area contributed by atoms with Gasteiger partial charge in [0.1, 0.15) is 5.82 Å². The van der Waals surface area contributed by atoms with E-state index in [1.165, 1.54) is 0 Å². The molecule has 4 nitrogen and oxygen atoms in total. The van der Waals surface area contributed by atoms with Crippen LogP contribution in [0.1, 0.15) is 37.0 Å². The molecule has 0 amide bonds. The van der Waals surface area contributed by atoms with Crippen molar-refractivity contribution in [1.82, 2.24) is 0 Å². The second-order valence-corrected chi connectivity index (χ2v) is 10.1. The number of Topliss-reactive ketones (excluding diaryl/α,β-unsaturated/α-hetero) is 1. The predicted molar refractivity (Wildman–Crippen MR) is 125 cm³/mol. The van der Waals surface area contributed by atoms with Crippen molar-refractivity contribution in [3.8, 4) is 6.07 Å². The molecule has 0 radical (unpaired) electrons. The molecule has 154 valence electrons. The number of rotatable bonds is 4. The largest absolute Gasteiger partial charge is 0.384 e. The Balaban J connectivity index is 1.96. The number of ketones is 1. The van der Waals surface area contributed by atoms with Crippen LogP contribution in [0.2, 0.25) is 10.0 Å². The molecule has 0 saturated heterocycles. The number of benzene rings is 1. The van der Waals surface area contributed by atoms with E-state index in [0.29, 0.717) is 45.5 Å². The van der Waals surface area contributed by atoms with E-state index in [4.69, 9.17) is 28.9 Å². The number of thioether (sulfide) groups is 1. The Hall–Kier alpha value is -1.91. The van der Waals surface area contributed by atoms with E-state index >= 15 is 0 Å². The summed E-state index contributed by atoms with van der Waals surface area (Å²) < 4.78 is 0. The highest BCUT2D eigenvalue weighted by Crippen LogP contribution is 2.49. The molecule has 2 heterocycles. The van der Waals surface area contributed by atoms with Gasteiger partial charge < -0.3 is 5.73 Å². The number of anilines is 1. The number of carbonyl (C=O) groups is 1. The van der Waals surface area contributed by atoms with E-state index in [2.05, 4.69) is 19.1 Å².